The highest BCUT2D eigenvalue weighted by Gasteiger charge is 2.42. The lowest BCUT2D eigenvalue weighted by molar-refractivity contribution is -0.159. The number of amides is 2. The van der Waals surface area contributed by atoms with Gasteiger partial charge in [0.05, 0.1) is 0 Å². The monoisotopic (exact) mass is 390 g/mol. The molecule has 2 fully saturated rings. The van der Waals surface area contributed by atoms with Crippen molar-refractivity contribution in [3.8, 4) is 0 Å². The maximum atomic E-state index is 13.6. The third-order valence-electron chi connectivity index (χ3n) is 6.35. The molecule has 4 nitrogen and oxygen atoms in total. The summed E-state index contributed by atoms with van der Waals surface area (Å²) in [4.78, 5) is 30.5. The maximum Gasteiger partial charge on any atom is 0.250 e. The minimum atomic E-state index is -0.512. The molecule has 0 N–H and O–H groups in total. The molecule has 4 heteroatoms. The summed E-state index contributed by atoms with van der Waals surface area (Å²) in [5, 5.41) is 0. The summed E-state index contributed by atoms with van der Waals surface area (Å²) in [6.45, 7) is 2.82. The zero-order valence-electron chi connectivity index (χ0n) is 17.2. The average molecular weight is 391 g/mol. The largest absolute Gasteiger partial charge is 0.328 e. The Hall–Kier alpha value is -2.62. The Morgan fingerprint density at radius 2 is 1.59 bits per heavy atom. The van der Waals surface area contributed by atoms with Crippen LogP contribution in [-0.2, 0) is 16.0 Å². The lowest BCUT2D eigenvalue weighted by atomic mass is 9.91. The van der Waals surface area contributed by atoms with Gasteiger partial charge in [-0.15, -0.1) is 0 Å². The Balaban J connectivity index is 1.60. The fourth-order valence-corrected chi connectivity index (χ4v) is 4.67. The van der Waals surface area contributed by atoms with Crippen molar-refractivity contribution in [2.45, 2.75) is 57.5 Å². The molecule has 1 heterocycles. The van der Waals surface area contributed by atoms with Crippen molar-refractivity contribution < 1.29 is 9.59 Å². The summed E-state index contributed by atoms with van der Waals surface area (Å²) in [6.07, 6.45) is 6.32. The van der Waals surface area contributed by atoms with Gasteiger partial charge in [0.15, 0.2) is 0 Å². The number of benzene rings is 2. The van der Waals surface area contributed by atoms with Gasteiger partial charge in [-0.25, -0.2) is 0 Å². The summed E-state index contributed by atoms with van der Waals surface area (Å²) in [7, 11) is 0. The predicted octanol–water partition coefficient (Wildman–Crippen LogP) is 4.28. The molecule has 0 spiro atoms. The fourth-order valence-electron chi connectivity index (χ4n) is 4.67. The van der Waals surface area contributed by atoms with Crippen LogP contribution in [0.25, 0.3) is 0 Å². The first-order valence-electron chi connectivity index (χ1n) is 10.8. The average Bonchev–Trinajstić information content (AvgIpc) is 2.76. The lowest BCUT2D eigenvalue weighted by Crippen LogP contribution is -2.58. The molecule has 0 bridgehead atoms. The van der Waals surface area contributed by atoms with Crippen LogP contribution in [0.15, 0.2) is 54.6 Å². The molecule has 29 heavy (non-hydrogen) atoms. The van der Waals surface area contributed by atoms with Crippen LogP contribution in [0.2, 0.25) is 0 Å². The van der Waals surface area contributed by atoms with E-state index in [4.69, 9.17) is 0 Å². The lowest BCUT2D eigenvalue weighted by Gasteiger charge is -2.44. The van der Waals surface area contributed by atoms with Gasteiger partial charge in [-0.1, -0.05) is 79.4 Å². The van der Waals surface area contributed by atoms with Crippen molar-refractivity contribution in [3.05, 3.63) is 71.3 Å². The number of hydrogen-bond donors (Lipinski definition) is 0. The second-order valence-corrected chi connectivity index (χ2v) is 8.39. The first kappa shape index (κ1) is 19.7. The molecule has 1 atom stereocenters. The Morgan fingerprint density at radius 3 is 2.28 bits per heavy atom. The molecule has 1 unspecified atom stereocenters. The number of carbonyl (C=O) groups is 2. The van der Waals surface area contributed by atoms with Crippen molar-refractivity contribution >= 4 is 11.8 Å². The SMILES string of the molecule is Cc1ccc(C2C(=O)N(C3CCCCC3)CC(=O)N2CCc2ccccc2)cc1. The van der Waals surface area contributed by atoms with Crippen LogP contribution in [0.3, 0.4) is 0 Å². The van der Waals surface area contributed by atoms with Gasteiger partial charge in [0.2, 0.25) is 5.91 Å². The van der Waals surface area contributed by atoms with E-state index >= 15 is 0 Å². The topological polar surface area (TPSA) is 40.6 Å². The molecular weight excluding hydrogens is 360 g/mol. The van der Waals surface area contributed by atoms with Gasteiger partial charge < -0.3 is 9.80 Å². The van der Waals surface area contributed by atoms with Crippen LogP contribution >= 0.6 is 0 Å². The van der Waals surface area contributed by atoms with Crippen molar-refractivity contribution in [2.24, 2.45) is 0 Å². The fraction of sp³-hybridized carbons (Fsp3) is 0.440. The Kier molecular flexibility index (Phi) is 5.98. The number of aryl methyl sites for hydroxylation is 1. The van der Waals surface area contributed by atoms with Gasteiger partial charge >= 0.3 is 0 Å². The van der Waals surface area contributed by atoms with Crippen LogP contribution in [-0.4, -0.2) is 40.7 Å². The van der Waals surface area contributed by atoms with Crippen molar-refractivity contribution in [1.29, 1.82) is 0 Å². The molecule has 1 aliphatic heterocycles. The van der Waals surface area contributed by atoms with Crippen LogP contribution in [0, 0.1) is 6.92 Å². The number of hydrogen-bond acceptors (Lipinski definition) is 2. The van der Waals surface area contributed by atoms with Crippen molar-refractivity contribution in [1.82, 2.24) is 9.80 Å². The van der Waals surface area contributed by atoms with E-state index in [9.17, 15) is 9.59 Å². The molecule has 1 saturated carbocycles. The van der Waals surface area contributed by atoms with Crippen molar-refractivity contribution in [2.75, 3.05) is 13.1 Å². The molecule has 0 aromatic heterocycles. The summed E-state index contributed by atoms with van der Waals surface area (Å²) < 4.78 is 0. The second-order valence-electron chi connectivity index (χ2n) is 8.39. The quantitative estimate of drug-likeness (QED) is 0.764. The van der Waals surface area contributed by atoms with Crippen LogP contribution < -0.4 is 0 Å². The highest BCUT2D eigenvalue weighted by molar-refractivity contribution is 5.95. The molecule has 0 radical (unpaired) electrons. The van der Waals surface area contributed by atoms with Crippen LogP contribution in [0.5, 0.6) is 0 Å². The zero-order valence-corrected chi connectivity index (χ0v) is 17.2. The number of carbonyl (C=O) groups excluding carboxylic acids is 2. The molecule has 1 saturated heterocycles. The van der Waals surface area contributed by atoms with E-state index in [2.05, 4.69) is 12.1 Å². The van der Waals surface area contributed by atoms with Crippen LogP contribution in [0.1, 0.15) is 54.8 Å². The summed E-state index contributed by atoms with van der Waals surface area (Å²) in [5.41, 5.74) is 3.26. The first-order valence-corrected chi connectivity index (χ1v) is 10.8. The third-order valence-corrected chi connectivity index (χ3v) is 6.35. The normalized spacial score (nSPS) is 20.9. The molecule has 2 aromatic carbocycles. The van der Waals surface area contributed by atoms with Gasteiger partial charge in [-0.2, -0.15) is 0 Å². The Bertz CT molecular complexity index is 841. The maximum absolute atomic E-state index is 13.6. The Labute approximate surface area is 173 Å². The molecule has 1 aliphatic carbocycles. The van der Waals surface area contributed by atoms with Gasteiger partial charge in [-0.3, -0.25) is 9.59 Å². The molecule has 4 rings (SSSR count). The standard InChI is InChI=1S/C25H30N2O2/c1-19-12-14-21(15-13-19)24-25(29)27(22-10-6-3-7-11-22)18-23(28)26(24)17-16-20-8-4-2-5-9-20/h2,4-5,8-9,12-15,22,24H,3,6-7,10-11,16-18H2,1H3. The molecular formula is C25H30N2O2. The molecule has 152 valence electrons. The van der Waals surface area contributed by atoms with Gasteiger partial charge in [0.25, 0.3) is 5.91 Å². The molecule has 2 aromatic rings. The number of piperazine rings is 1. The molecule has 2 amide bonds. The van der Waals surface area contributed by atoms with E-state index < -0.39 is 6.04 Å². The first-order chi connectivity index (χ1) is 14.1. The van der Waals surface area contributed by atoms with Gasteiger partial charge in [-0.05, 0) is 37.3 Å². The van der Waals surface area contributed by atoms with Crippen molar-refractivity contribution in [3.63, 3.8) is 0 Å². The second kappa shape index (κ2) is 8.81. The van der Waals surface area contributed by atoms with E-state index in [1.165, 1.54) is 12.0 Å². The van der Waals surface area contributed by atoms with Gasteiger partial charge in [0, 0.05) is 12.6 Å². The summed E-state index contributed by atoms with van der Waals surface area (Å²) >= 11 is 0. The van der Waals surface area contributed by atoms with E-state index in [0.717, 1.165) is 43.2 Å². The number of rotatable bonds is 5. The van der Waals surface area contributed by atoms with E-state index in [1.54, 1.807) is 4.90 Å². The van der Waals surface area contributed by atoms with Crippen LogP contribution in [0.4, 0.5) is 0 Å². The van der Waals surface area contributed by atoms with Gasteiger partial charge in [0.1, 0.15) is 12.6 Å². The minimum absolute atomic E-state index is 0.0664. The van der Waals surface area contributed by atoms with E-state index in [0.29, 0.717) is 6.54 Å². The summed E-state index contributed by atoms with van der Waals surface area (Å²) in [5.74, 6) is 0.157. The number of nitrogens with zero attached hydrogens (tertiary/aromatic N) is 2. The highest BCUT2D eigenvalue weighted by atomic mass is 16.2. The minimum Gasteiger partial charge on any atom is -0.328 e. The third kappa shape index (κ3) is 4.36. The predicted molar refractivity (Wildman–Crippen MR) is 114 cm³/mol. The highest BCUT2D eigenvalue weighted by Crippen LogP contribution is 2.32. The van der Waals surface area contributed by atoms with E-state index in [-0.39, 0.29) is 24.4 Å². The zero-order chi connectivity index (χ0) is 20.2. The van der Waals surface area contributed by atoms with E-state index in [1.807, 2.05) is 54.3 Å². The molecule has 2 aliphatic rings. The Morgan fingerprint density at radius 1 is 0.897 bits per heavy atom. The summed E-state index contributed by atoms with van der Waals surface area (Å²) in [6, 6.07) is 17.9. The smallest absolute Gasteiger partial charge is 0.250 e.